The van der Waals surface area contributed by atoms with Crippen LogP contribution < -0.4 is 15.0 Å². The molecule has 28 heavy (non-hydrogen) atoms. The number of hydrogen-bond acceptors (Lipinski definition) is 4. The van der Waals surface area contributed by atoms with Gasteiger partial charge >= 0.3 is 0 Å². The number of benzene rings is 3. The fourth-order valence-electron chi connectivity index (χ4n) is 3.38. The second-order valence-electron chi connectivity index (χ2n) is 7.01. The van der Waals surface area contributed by atoms with Crippen LogP contribution in [-0.4, -0.2) is 26.0 Å². The Morgan fingerprint density at radius 3 is 2.32 bits per heavy atom. The van der Waals surface area contributed by atoms with Crippen molar-refractivity contribution in [2.75, 3.05) is 24.3 Å². The van der Waals surface area contributed by atoms with Crippen LogP contribution in [0.25, 0.3) is 0 Å². The van der Waals surface area contributed by atoms with Crippen LogP contribution >= 0.6 is 11.6 Å². The van der Waals surface area contributed by atoms with Crippen LogP contribution in [0, 0.1) is 0 Å². The number of fused-ring (bicyclic) bond motifs is 1. The van der Waals surface area contributed by atoms with E-state index >= 15 is 0 Å². The fraction of sp³-hybridized carbons (Fsp3) is 0.174. The standard InChI is InChI=1S/C23H21ClN2O2/c1-26(2)18-13-11-17(12-14-18)25-21-19-5-3-4-6-20(19)28-23(21)22(27)15-7-9-16(24)10-8-15/h3-14,21,23,25H,1-2H3. The minimum absolute atomic E-state index is 0.0738. The summed E-state index contributed by atoms with van der Waals surface area (Å²) in [5.74, 6) is 0.660. The van der Waals surface area contributed by atoms with Gasteiger partial charge in [0.1, 0.15) is 5.75 Å². The molecule has 0 saturated carbocycles. The van der Waals surface area contributed by atoms with Crippen LogP contribution in [0.15, 0.2) is 72.8 Å². The second kappa shape index (κ2) is 7.56. The van der Waals surface area contributed by atoms with Gasteiger partial charge in [-0.25, -0.2) is 0 Å². The number of hydrogen-bond donors (Lipinski definition) is 1. The van der Waals surface area contributed by atoms with Gasteiger partial charge in [-0.3, -0.25) is 4.79 Å². The molecule has 5 heteroatoms. The van der Waals surface area contributed by atoms with Crippen molar-refractivity contribution in [2.45, 2.75) is 12.1 Å². The zero-order valence-electron chi connectivity index (χ0n) is 15.7. The van der Waals surface area contributed by atoms with Gasteiger partial charge < -0.3 is 15.0 Å². The normalized spacial score (nSPS) is 17.5. The van der Waals surface area contributed by atoms with Crippen LogP contribution in [0.4, 0.5) is 11.4 Å². The van der Waals surface area contributed by atoms with Crippen molar-refractivity contribution < 1.29 is 9.53 Å². The molecule has 3 aromatic carbocycles. The maximum atomic E-state index is 13.2. The topological polar surface area (TPSA) is 41.6 Å². The minimum atomic E-state index is -0.646. The molecule has 0 bridgehead atoms. The number of ketones is 1. The van der Waals surface area contributed by atoms with Gasteiger partial charge in [0.15, 0.2) is 6.10 Å². The molecule has 2 atom stereocenters. The van der Waals surface area contributed by atoms with Crippen molar-refractivity contribution in [2.24, 2.45) is 0 Å². The highest BCUT2D eigenvalue weighted by Crippen LogP contribution is 2.40. The molecule has 2 unspecified atom stereocenters. The van der Waals surface area contributed by atoms with Crippen molar-refractivity contribution in [3.8, 4) is 5.75 Å². The Labute approximate surface area is 169 Å². The first kappa shape index (κ1) is 18.4. The van der Waals surface area contributed by atoms with Gasteiger partial charge in [-0.1, -0.05) is 29.8 Å². The van der Waals surface area contributed by atoms with Gasteiger partial charge in [-0.05, 0) is 54.6 Å². The predicted octanol–water partition coefficient (Wildman–Crippen LogP) is 5.20. The highest BCUT2D eigenvalue weighted by molar-refractivity contribution is 6.30. The molecule has 0 radical (unpaired) electrons. The quantitative estimate of drug-likeness (QED) is 0.606. The Bertz CT molecular complexity index is 984. The Balaban J connectivity index is 1.64. The number of carbonyl (C=O) groups is 1. The first-order chi connectivity index (χ1) is 13.5. The number of nitrogens with one attached hydrogen (secondary N) is 1. The molecule has 1 N–H and O–H groups in total. The molecule has 4 rings (SSSR count). The SMILES string of the molecule is CN(C)c1ccc(NC2c3ccccc3OC2C(=O)c2ccc(Cl)cc2)cc1. The minimum Gasteiger partial charge on any atom is -0.479 e. The molecule has 0 aromatic heterocycles. The first-order valence-corrected chi connectivity index (χ1v) is 9.50. The van der Waals surface area contributed by atoms with Gasteiger partial charge in [0, 0.05) is 41.6 Å². The molecular formula is C23H21ClN2O2. The average Bonchev–Trinajstić information content (AvgIpc) is 3.07. The summed E-state index contributed by atoms with van der Waals surface area (Å²) in [4.78, 5) is 15.2. The number of carbonyl (C=O) groups excluding carboxylic acids is 1. The molecule has 0 amide bonds. The Morgan fingerprint density at radius 1 is 0.964 bits per heavy atom. The van der Waals surface area contributed by atoms with Gasteiger partial charge in [-0.2, -0.15) is 0 Å². The molecular weight excluding hydrogens is 372 g/mol. The van der Waals surface area contributed by atoms with Crippen LogP contribution in [0.1, 0.15) is 22.0 Å². The third-order valence-corrected chi connectivity index (χ3v) is 5.16. The number of ether oxygens (including phenoxy) is 1. The number of para-hydroxylation sites is 1. The van der Waals surface area contributed by atoms with E-state index in [9.17, 15) is 4.79 Å². The highest BCUT2D eigenvalue weighted by atomic mass is 35.5. The first-order valence-electron chi connectivity index (χ1n) is 9.12. The Morgan fingerprint density at radius 2 is 1.64 bits per heavy atom. The van der Waals surface area contributed by atoms with Crippen molar-refractivity contribution >= 4 is 28.8 Å². The molecule has 1 aliphatic heterocycles. The third kappa shape index (κ3) is 3.56. The Hall–Kier alpha value is -2.98. The van der Waals surface area contributed by atoms with Crippen LogP contribution in [0.2, 0.25) is 5.02 Å². The molecule has 4 nitrogen and oxygen atoms in total. The van der Waals surface area contributed by atoms with Crippen LogP contribution in [0.5, 0.6) is 5.75 Å². The molecule has 0 fully saturated rings. The lowest BCUT2D eigenvalue weighted by Crippen LogP contribution is -2.33. The number of halogens is 1. The predicted molar refractivity (Wildman–Crippen MR) is 114 cm³/mol. The van der Waals surface area contributed by atoms with Crippen molar-refractivity contribution in [3.63, 3.8) is 0 Å². The lowest BCUT2D eigenvalue weighted by molar-refractivity contribution is 0.0802. The van der Waals surface area contributed by atoms with Crippen LogP contribution in [-0.2, 0) is 0 Å². The average molecular weight is 393 g/mol. The number of rotatable bonds is 5. The maximum absolute atomic E-state index is 13.2. The molecule has 142 valence electrons. The van der Waals surface area contributed by atoms with Gasteiger partial charge in [0.05, 0.1) is 6.04 Å². The number of Topliss-reactive ketones (excluding diaryl/α,β-unsaturated/α-hetero) is 1. The molecule has 3 aromatic rings. The van der Waals surface area contributed by atoms with Crippen molar-refractivity contribution in [1.82, 2.24) is 0 Å². The lowest BCUT2D eigenvalue weighted by Gasteiger charge is -2.21. The van der Waals surface area contributed by atoms with E-state index in [0.717, 1.165) is 22.7 Å². The van der Waals surface area contributed by atoms with Crippen molar-refractivity contribution in [3.05, 3.63) is 88.9 Å². The van der Waals surface area contributed by atoms with E-state index in [0.29, 0.717) is 10.6 Å². The summed E-state index contributed by atoms with van der Waals surface area (Å²) in [5, 5.41) is 4.08. The Kier molecular flexibility index (Phi) is 4.97. The third-order valence-electron chi connectivity index (χ3n) is 4.90. The summed E-state index contributed by atoms with van der Waals surface area (Å²) in [6, 6.07) is 22.5. The summed E-state index contributed by atoms with van der Waals surface area (Å²) in [6.45, 7) is 0. The number of nitrogens with zero attached hydrogens (tertiary/aromatic N) is 1. The van der Waals surface area contributed by atoms with Gasteiger partial charge in [0.25, 0.3) is 0 Å². The zero-order chi connectivity index (χ0) is 19.7. The zero-order valence-corrected chi connectivity index (χ0v) is 16.5. The monoisotopic (exact) mass is 392 g/mol. The van der Waals surface area contributed by atoms with Crippen molar-refractivity contribution in [1.29, 1.82) is 0 Å². The van der Waals surface area contributed by atoms with E-state index in [1.807, 2.05) is 67.5 Å². The molecule has 0 saturated heterocycles. The van der Waals surface area contributed by atoms with E-state index in [-0.39, 0.29) is 11.8 Å². The molecule has 0 aliphatic carbocycles. The smallest absolute Gasteiger partial charge is 0.205 e. The summed E-state index contributed by atoms with van der Waals surface area (Å²) < 4.78 is 6.05. The van der Waals surface area contributed by atoms with Gasteiger partial charge in [-0.15, -0.1) is 0 Å². The van der Waals surface area contributed by atoms with E-state index in [1.165, 1.54) is 0 Å². The second-order valence-corrected chi connectivity index (χ2v) is 7.45. The molecule has 1 aliphatic rings. The summed E-state index contributed by atoms with van der Waals surface area (Å²) >= 11 is 5.96. The summed E-state index contributed by atoms with van der Waals surface area (Å²) in [5.41, 5.74) is 3.61. The molecule has 0 spiro atoms. The van der Waals surface area contributed by atoms with Gasteiger partial charge in [0.2, 0.25) is 5.78 Å². The largest absolute Gasteiger partial charge is 0.479 e. The maximum Gasteiger partial charge on any atom is 0.205 e. The fourth-order valence-corrected chi connectivity index (χ4v) is 3.51. The number of anilines is 2. The summed E-state index contributed by atoms with van der Waals surface area (Å²) in [7, 11) is 4.01. The van der Waals surface area contributed by atoms with Crippen LogP contribution in [0.3, 0.4) is 0 Å². The van der Waals surface area contributed by atoms with E-state index < -0.39 is 6.10 Å². The lowest BCUT2D eigenvalue weighted by atomic mass is 9.96. The van der Waals surface area contributed by atoms with E-state index in [2.05, 4.69) is 5.32 Å². The van der Waals surface area contributed by atoms with E-state index in [4.69, 9.17) is 16.3 Å². The summed E-state index contributed by atoms with van der Waals surface area (Å²) in [6.07, 6.45) is -0.646. The molecule has 1 heterocycles. The van der Waals surface area contributed by atoms with E-state index in [1.54, 1.807) is 24.3 Å². The highest BCUT2D eigenvalue weighted by Gasteiger charge is 2.39.